The van der Waals surface area contributed by atoms with Gasteiger partial charge in [-0.15, -0.1) is 10.2 Å². The average molecular weight is 415 g/mol. The van der Waals surface area contributed by atoms with E-state index in [1.165, 1.54) is 25.1 Å². The fraction of sp³-hybridized carbons (Fsp3) is 0.435. The number of piperidine rings is 1. The van der Waals surface area contributed by atoms with Gasteiger partial charge in [0.25, 0.3) is 5.78 Å². The van der Waals surface area contributed by atoms with E-state index in [1.807, 2.05) is 22.7 Å². The van der Waals surface area contributed by atoms with Crippen LogP contribution in [0.2, 0.25) is 0 Å². The van der Waals surface area contributed by atoms with Crippen LogP contribution in [0.25, 0.3) is 17.0 Å². The lowest BCUT2D eigenvalue weighted by Crippen LogP contribution is -2.36. The van der Waals surface area contributed by atoms with Crippen LogP contribution in [-0.2, 0) is 13.0 Å². The highest BCUT2D eigenvalue weighted by Crippen LogP contribution is 2.32. The largest absolute Gasteiger partial charge is 0.356 e. The fourth-order valence-electron chi connectivity index (χ4n) is 4.98. The van der Waals surface area contributed by atoms with Gasteiger partial charge in [0.05, 0.1) is 5.69 Å². The van der Waals surface area contributed by atoms with E-state index in [2.05, 4.69) is 47.9 Å². The number of fused-ring (bicyclic) bond motifs is 2. The van der Waals surface area contributed by atoms with Crippen LogP contribution in [-0.4, -0.2) is 47.4 Å². The Bertz CT molecular complexity index is 1190. The Balaban J connectivity index is 1.36. The van der Waals surface area contributed by atoms with E-state index in [0.717, 1.165) is 61.8 Å². The molecule has 8 nitrogen and oxygen atoms in total. The Morgan fingerprint density at radius 1 is 0.935 bits per heavy atom. The molecule has 158 valence electrons. The zero-order chi connectivity index (χ0) is 20.6. The van der Waals surface area contributed by atoms with Crippen LogP contribution in [0, 0.1) is 0 Å². The summed E-state index contributed by atoms with van der Waals surface area (Å²) in [5, 5.41) is 13.7. The van der Waals surface area contributed by atoms with Crippen LogP contribution in [0.3, 0.4) is 0 Å². The summed E-state index contributed by atoms with van der Waals surface area (Å²) in [4.78, 5) is 11.5. The molecule has 1 saturated heterocycles. The van der Waals surface area contributed by atoms with Crippen molar-refractivity contribution in [2.24, 2.45) is 0 Å². The topological polar surface area (TPSA) is 77.0 Å². The Morgan fingerprint density at radius 3 is 2.81 bits per heavy atom. The second kappa shape index (κ2) is 7.76. The van der Waals surface area contributed by atoms with Gasteiger partial charge in [-0.1, -0.05) is 36.8 Å². The third kappa shape index (κ3) is 3.36. The smallest absolute Gasteiger partial charge is 0.254 e. The van der Waals surface area contributed by atoms with Gasteiger partial charge < -0.3 is 9.47 Å². The number of hydrogen-bond donors (Lipinski definition) is 0. The number of aromatic nitrogens is 7. The van der Waals surface area contributed by atoms with E-state index in [1.54, 1.807) is 6.33 Å². The molecule has 2 aliphatic heterocycles. The second-order valence-electron chi connectivity index (χ2n) is 8.56. The quantitative estimate of drug-likeness (QED) is 0.511. The van der Waals surface area contributed by atoms with E-state index in [9.17, 15) is 0 Å². The zero-order valence-corrected chi connectivity index (χ0v) is 17.6. The molecule has 6 rings (SSSR count). The lowest BCUT2D eigenvalue weighted by molar-refractivity contribution is 0.462. The third-order valence-electron chi connectivity index (χ3n) is 6.55. The number of anilines is 1. The normalized spacial score (nSPS) is 19.4. The van der Waals surface area contributed by atoms with Gasteiger partial charge in [-0.05, 0) is 25.7 Å². The zero-order valence-electron chi connectivity index (χ0n) is 17.6. The van der Waals surface area contributed by atoms with Gasteiger partial charge in [0.2, 0.25) is 0 Å². The third-order valence-corrected chi connectivity index (χ3v) is 6.55. The molecule has 31 heavy (non-hydrogen) atoms. The Kier molecular flexibility index (Phi) is 4.62. The maximum absolute atomic E-state index is 4.73. The molecule has 0 aliphatic carbocycles. The van der Waals surface area contributed by atoms with E-state index < -0.39 is 0 Å². The molecular weight excluding hydrogens is 388 g/mol. The number of benzene rings is 1. The van der Waals surface area contributed by atoms with Crippen LogP contribution in [0.4, 0.5) is 5.82 Å². The predicted molar refractivity (Wildman–Crippen MR) is 118 cm³/mol. The number of rotatable bonds is 3. The first-order valence-electron chi connectivity index (χ1n) is 11.3. The maximum atomic E-state index is 4.73. The highest BCUT2D eigenvalue weighted by Gasteiger charge is 2.29. The summed E-state index contributed by atoms with van der Waals surface area (Å²) >= 11 is 0. The Labute approximate surface area is 181 Å². The molecule has 0 bridgehead atoms. The van der Waals surface area contributed by atoms with Crippen molar-refractivity contribution in [3.8, 4) is 11.3 Å². The van der Waals surface area contributed by atoms with Crippen molar-refractivity contribution in [2.45, 2.75) is 51.0 Å². The Hall–Kier alpha value is -3.29. The van der Waals surface area contributed by atoms with Crippen LogP contribution < -0.4 is 4.90 Å². The molecule has 1 unspecified atom stereocenters. The van der Waals surface area contributed by atoms with Crippen LogP contribution in [0.1, 0.15) is 49.7 Å². The summed E-state index contributed by atoms with van der Waals surface area (Å²) in [6, 6.07) is 12.4. The number of aryl methyl sites for hydroxylation is 1. The molecule has 0 spiro atoms. The summed E-state index contributed by atoms with van der Waals surface area (Å²) in [7, 11) is 0. The van der Waals surface area contributed by atoms with Crippen molar-refractivity contribution >= 4 is 11.6 Å². The van der Waals surface area contributed by atoms with Crippen molar-refractivity contribution < 1.29 is 0 Å². The summed E-state index contributed by atoms with van der Waals surface area (Å²) in [6.07, 6.45) is 8.62. The standard InChI is InChI=1S/C23H26N8/c1-3-8-17(9-4-1)19-14-21(31-23(26-19)24-16-25-31)29-12-7-10-18(15-29)22-28-27-20-11-5-2-6-13-30(20)22/h1,3-4,8-9,14,16,18H,2,5-7,10-13,15H2. The lowest BCUT2D eigenvalue weighted by Gasteiger charge is -2.34. The van der Waals surface area contributed by atoms with E-state index in [-0.39, 0.29) is 0 Å². The predicted octanol–water partition coefficient (Wildman–Crippen LogP) is 3.49. The molecule has 1 fully saturated rings. The summed E-state index contributed by atoms with van der Waals surface area (Å²) < 4.78 is 4.26. The molecule has 8 heteroatoms. The van der Waals surface area contributed by atoms with Crippen LogP contribution in [0.15, 0.2) is 42.7 Å². The van der Waals surface area contributed by atoms with Gasteiger partial charge in [0.15, 0.2) is 0 Å². The molecule has 0 amide bonds. The van der Waals surface area contributed by atoms with Crippen molar-refractivity contribution in [2.75, 3.05) is 18.0 Å². The van der Waals surface area contributed by atoms with Crippen LogP contribution >= 0.6 is 0 Å². The van der Waals surface area contributed by atoms with Crippen molar-refractivity contribution in [3.05, 3.63) is 54.4 Å². The van der Waals surface area contributed by atoms with Gasteiger partial charge in [0, 0.05) is 43.6 Å². The SMILES string of the molecule is c1ccc(-c2cc(N3CCCC(c4nnc5n4CCCCC5)C3)n3ncnc3n2)cc1. The summed E-state index contributed by atoms with van der Waals surface area (Å²) in [5.41, 5.74) is 2.01. The van der Waals surface area contributed by atoms with Gasteiger partial charge in [-0.25, -0.2) is 4.98 Å². The number of nitrogens with zero attached hydrogens (tertiary/aromatic N) is 8. The van der Waals surface area contributed by atoms with E-state index in [4.69, 9.17) is 4.98 Å². The highest BCUT2D eigenvalue weighted by atomic mass is 15.4. The fourth-order valence-corrected chi connectivity index (χ4v) is 4.98. The maximum Gasteiger partial charge on any atom is 0.254 e. The first-order valence-corrected chi connectivity index (χ1v) is 11.3. The molecule has 4 aromatic rings. The van der Waals surface area contributed by atoms with Crippen LogP contribution in [0.5, 0.6) is 0 Å². The number of hydrogen-bond acceptors (Lipinski definition) is 6. The highest BCUT2D eigenvalue weighted by molar-refractivity contribution is 5.65. The average Bonchev–Trinajstić information content (AvgIpc) is 3.40. The molecule has 5 heterocycles. The minimum Gasteiger partial charge on any atom is -0.356 e. The van der Waals surface area contributed by atoms with E-state index >= 15 is 0 Å². The summed E-state index contributed by atoms with van der Waals surface area (Å²) in [6.45, 7) is 2.95. The van der Waals surface area contributed by atoms with Gasteiger partial charge in [0.1, 0.15) is 23.8 Å². The summed E-state index contributed by atoms with van der Waals surface area (Å²) in [5.74, 6) is 4.38. The molecule has 2 aliphatic rings. The van der Waals surface area contributed by atoms with Crippen molar-refractivity contribution in [1.29, 1.82) is 0 Å². The molecule has 0 saturated carbocycles. The molecule has 3 aromatic heterocycles. The lowest BCUT2D eigenvalue weighted by atomic mass is 9.97. The minimum atomic E-state index is 0.375. The second-order valence-corrected chi connectivity index (χ2v) is 8.56. The molecular formula is C23H26N8. The molecule has 0 N–H and O–H groups in total. The molecule has 1 aromatic carbocycles. The van der Waals surface area contributed by atoms with Crippen molar-refractivity contribution in [3.63, 3.8) is 0 Å². The van der Waals surface area contributed by atoms with Crippen molar-refractivity contribution in [1.82, 2.24) is 34.3 Å². The monoisotopic (exact) mass is 414 g/mol. The first-order chi connectivity index (χ1) is 15.4. The Morgan fingerprint density at radius 2 is 1.87 bits per heavy atom. The van der Waals surface area contributed by atoms with Gasteiger partial charge in [-0.3, -0.25) is 0 Å². The molecule has 0 radical (unpaired) electrons. The van der Waals surface area contributed by atoms with Gasteiger partial charge >= 0.3 is 0 Å². The molecule has 1 atom stereocenters. The minimum absolute atomic E-state index is 0.375. The first kappa shape index (κ1) is 18.5. The van der Waals surface area contributed by atoms with Gasteiger partial charge in [-0.2, -0.15) is 14.6 Å². The van der Waals surface area contributed by atoms with E-state index in [0.29, 0.717) is 11.7 Å².